The van der Waals surface area contributed by atoms with E-state index < -0.39 is 5.97 Å². The van der Waals surface area contributed by atoms with Gasteiger partial charge in [-0.1, -0.05) is 37.8 Å². The van der Waals surface area contributed by atoms with Crippen molar-refractivity contribution >= 4 is 23.7 Å². The molecule has 1 amide bonds. The smallest absolute Gasteiger partial charge is 0.352 e. The molecule has 29 heavy (non-hydrogen) atoms. The molecule has 1 aromatic carbocycles. The van der Waals surface area contributed by atoms with E-state index in [1.165, 1.54) is 18.9 Å². The summed E-state index contributed by atoms with van der Waals surface area (Å²) in [6.07, 6.45) is 10.2. The lowest BCUT2D eigenvalue weighted by Gasteiger charge is -2.21. The molecule has 0 heterocycles. The van der Waals surface area contributed by atoms with Crippen LogP contribution in [0, 0.1) is 5.92 Å². The van der Waals surface area contributed by atoms with Crippen LogP contribution in [-0.2, 0) is 14.4 Å². The van der Waals surface area contributed by atoms with Crippen LogP contribution in [0.3, 0.4) is 0 Å². The van der Waals surface area contributed by atoms with Gasteiger partial charge in [0.25, 0.3) is 0 Å². The number of amides is 1. The number of carbonyl (C=O) groups is 3. The molecule has 3 rings (SSSR count). The van der Waals surface area contributed by atoms with Gasteiger partial charge in [0.15, 0.2) is 11.9 Å². The zero-order chi connectivity index (χ0) is 20.6. The number of hydrogen-bond donors (Lipinski definition) is 2. The molecule has 1 atom stereocenters. The molecule has 2 fully saturated rings. The SMILES string of the molecule is O=C(CCC1CCCC1)N/C(=C\c1ccc(OC2CCCCC2=O)cc1)C(=O)O. The first-order chi connectivity index (χ1) is 14.0. The minimum atomic E-state index is -1.17. The van der Waals surface area contributed by atoms with E-state index in [2.05, 4.69) is 5.32 Å². The van der Waals surface area contributed by atoms with Gasteiger partial charge in [0.05, 0.1) is 0 Å². The highest BCUT2D eigenvalue weighted by atomic mass is 16.5. The Bertz CT molecular complexity index is 762. The Labute approximate surface area is 171 Å². The van der Waals surface area contributed by atoms with Gasteiger partial charge in [-0.2, -0.15) is 0 Å². The molecule has 2 aliphatic rings. The summed E-state index contributed by atoms with van der Waals surface area (Å²) < 4.78 is 5.76. The topological polar surface area (TPSA) is 92.7 Å². The number of carboxylic acid groups (broad SMARTS) is 1. The maximum atomic E-state index is 12.1. The van der Waals surface area contributed by atoms with Gasteiger partial charge in [-0.3, -0.25) is 9.59 Å². The van der Waals surface area contributed by atoms with Crippen LogP contribution in [0.25, 0.3) is 6.08 Å². The highest BCUT2D eigenvalue weighted by Crippen LogP contribution is 2.28. The molecule has 2 saturated carbocycles. The van der Waals surface area contributed by atoms with E-state index in [1.807, 2.05) is 0 Å². The quantitative estimate of drug-likeness (QED) is 0.642. The summed E-state index contributed by atoms with van der Waals surface area (Å²) in [5.74, 6) is -0.135. The number of rotatable bonds is 8. The van der Waals surface area contributed by atoms with E-state index in [0.29, 0.717) is 30.1 Å². The second-order valence-electron chi connectivity index (χ2n) is 7.99. The average molecular weight is 399 g/mol. The minimum absolute atomic E-state index is 0.133. The van der Waals surface area contributed by atoms with Gasteiger partial charge < -0.3 is 15.2 Å². The second kappa shape index (κ2) is 10.2. The van der Waals surface area contributed by atoms with E-state index in [4.69, 9.17) is 4.74 Å². The zero-order valence-electron chi connectivity index (χ0n) is 16.7. The first-order valence-electron chi connectivity index (χ1n) is 10.6. The van der Waals surface area contributed by atoms with Gasteiger partial charge in [0.1, 0.15) is 11.4 Å². The Morgan fingerprint density at radius 3 is 2.41 bits per heavy atom. The Morgan fingerprint density at radius 1 is 1.07 bits per heavy atom. The molecule has 6 heteroatoms. The molecule has 0 aliphatic heterocycles. The lowest BCUT2D eigenvalue weighted by Crippen LogP contribution is -2.30. The molecule has 0 aromatic heterocycles. The molecule has 0 bridgehead atoms. The van der Waals surface area contributed by atoms with Crippen molar-refractivity contribution < 1.29 is 24.2 Å². The maximum absolute atomic E-state index is 12.1. The summed E-state index contributed by atoms with van der Waals surface area (Å²) in [6, 6.07) is 6.87. The highest BCUT2D eigenvalue weighted by Gasteiger charge is 2.23. The number of Topliss-reactive ketones (excluding diaryl/α,β-unsaturated/α-hetero) is 1. The first kappa shape index (κ1) is 21.1. The van der Waals surface area contributed by atoms with Gasteiger partial charge in [-0.15, -0.1) is 0 Å². The van der Waals surface area contributed by atoms with Crippen LogP contribution in [0.1, 0.15) is 69.8 Å². The number of benzene rings is 1. The predicted octanol–water partition coefficient (Wildman–Crippen LogP) is 4.09. The number of ether oxygens (including phenoxy) is 1. The van der Waals surface area contributed by atoms with Crippen LogP contribution in [0.5, 0.6) is 5.75 Å². The Balaban J connectivity index is 1.57. The van der Waals surface area contributed by atoms with Crippen molar-refractivity contribution in [3.05, 3.63) is 35.5 Å². The summed E-state index contributed by atoms with van der Waals surface area (Å²) in [5.41, 5.74) is 0.498. The summed E-state index contributed by atoms with van der Waals surface area (Å²) in [5, 5.41) is 11.9. The molecule has 0 saturated heterocycles. The van der Waals surface area contributed by atoms with E-state index >= 15 is 0 Å². The summed E-state index contributed by atoms with van der Waals surface area (Å²) in [7, 11) is 0. The van der Waals surface area contributed by atoms with Gasteiger partial charge in [-0.25, -0.2) is 4.79 Å². The van der Waals surface area contributed by atoms with Crippen LogP contribution >= 0.6 is 0 Å². The Morgan fingerprint density at radius 2 is 1.76 bits per heavy atom. The molecule has 2 N–H and O–H groups in total. The standard InChI is InChI=1S/C23H29NO5/c25-20-7-3-4-8-21(20)29-18-12-9-17(10-13-18)15-19(23(27)28)24-22(26)14-11-16-5-1-2-6-16/h9-10,12-13,15-16,21H,1-8,11,14H2,(H,24,26)(H,27,28)/b19-15-. The molecule has 1 aromatic rings. The third kappa shape index (κ3) is 6.44. The van der Waals surface area contributed by atoms with Crippen LogP contribution in [0.4, 0.5) is 0 Å². The Kier molecular flexibility index (Phi) is 7.44. The summed E-state index contributed by atoms with van der Waals surface area (Å²) in [4.78, 5) is 35.6. The molecule has 0 spiro atoms. The van der Waals surface area contributed by atoms with E-state index in [-0.39, 0.29) is 23.5 Å². The predicted molar refractivity (Wildman–Crippen MR) is 109 cm³/mol. The highest BCUT2D eigenvalue weighted by molar-refractivity contribution is 5.96. The van der Waals surface area contributed by atoms with Crippen LogP contribution < -0.4 is 10.1 Å². The van der Waals surface area contributed by atoms with Crippen LogP contribution in [0.2, 0.25) is 0 Å². The molecular formula is C23H29NO5. The van der Waals surface area contributed by atoms with Crippen molar-refractivity contribution in [3.8, 4) is 5.75 Å². The van der Waals surface area contributed by atoms with Gasteiger partial charge in [0.2, 0.25) is 5.91 Å². The van der Waals surface area contributed by atoms with E-state index in [1.54, 1.807) is 24.3 Å². The zero-order valence-corrected chi connectivity index (χ0v) is 16.7. The molecule has 2 aliphatic carbocycles. The van der Waals surface area contributed by atoms with Crippen molar-refractivity contribution in [2.75, 3.05) is 0 Å². The number of aliphatic carboxylic acids is 1. The first-order valence-corrected chi connectivity index (χ1v) is 10.6. The monoisotopic (exact) mass is 399 g/mol. The fraction of sp³-hybridized carbons (Fsp3) is 0.522. The lowest BCUT2D eigenvalue weighted by atomic mass is 9.96. The third-order valence-corrected chi connectivity index (χ3v) is 5.73. The van der Waals surface area contributed by atoms with Crippen molar-refractivity contribution in [3.63, 3.8) is 0 Å². The molecule has 156 valence electrons. The van der Waals surface area contributed by atoms with Crippen molar-refractivity contribution in [1.82, 2.24) is 5.32 Å². The number of nitrogens with one attached hydrogen (secondary N) is 1. The third-order valence-electron chi connectivity index (χ3n) is 5.73. The number of carboxylic acids is 1. The molecular weight excluding hydrogens is 370 g/mol. The lowest BCUT2D eigenvalue weighted by molar-refractivity contribution is -0.134. The van der Waals surface area contributed by atoms with Gasteiger partial charge >= 0.3 is 5.97 Å². The van der Waals surface area contributed by atoms with E-state index in [0.717, 1.165) is 38.5 Å². The van der Waals surface area contributed by atoms with Gasteiger partial charge in [-0.05, 0) is 55.4 Å². The normalized spacial score (nSPS) is 20.5. The van der Waals surface area contributed by atoms with Crippen molar-refractivity contribution in [1.29, 1.82) is 0 Å². The molecule has 0 radical (unpaired) electrons. The fourth-order valence-corrected chi connectivity index (χ4v) is 4.05. The molecule has 6 nitrogen and oxygen atoms in total. The van der Waals surface area contributed by atoms with Gasteiger partial charge in [0, 0.05) is 12.8 Å². The van der Waals surface area contributed by atoms with Crippen LogP contribution in [0.15, 0.2) is 30.0 Å². The van der Waals surface area contributed by atoms with Crippen molar-refractivity contribution in [2.45, 2.75) is 70.3 Å². The van der Waals surface area contributed by atoms with E-state index in [9.17, 15) is 19.5 Å². The fourth-order valence-electron chi connectivity index (χ4n) is 4.05. The summed E-state index contributed by atoms with van der Waals surface area (Å²) in [6.45, 7) is 0. The minimum Gasteiger partial charge on any atom is -0.483 e. The average Bonchev–Trinajstić information content (AvgIpc) is 3.23. The second-order valence-corrected chi connectivity index (χ2v) is 7.99. The maximum Gasteiger partial charge on any atom is 0.352 e. The molecule has 1 unspecified atom stereocenters. The number of hydrogen-bond acceptors (Lipinski definition) is 4. The Hall–Kier alpha value is -2.63. The van der Waals surface area contributed by atoms with Crippen molar-refractivity contribution in [2.24, 2.45) is 5.92 Å². The number of ketones is 1. The largest absolute Gasteiger partial charge is 0.483 e. The number of carbonyl (C=O) groups excluding carboxylic acids is 2. The summed E-state index contributed by atoms with van der Waals surface area (Å²) >= 11 is 0. The van der Waals surface area contributed by atoms with Crippen LogP contribution in [-0.4, -0.2) is 28.9 Å².